The number of carboxylic acid groups (broad SMARTS) is 1. The van der Waals surface area contributed by atoms with E-state index in [-0.39, 0.29) is 22.5 Å². The van der Waals surface area contributed by atoms with Crippen molar-refractivity contribution in [2.45, 2.75) is 118 Å². The average molecular weight is 473 g/mol. The highest BCUT2D eigenvalue weighted by Crippen LogP contribution is 2.89. The maximum Gasteiger partial charge on any atom is 0.331 e. The third-order valence-corrected chi connectivity index (χ3v) is 13.2. The van der Waals surface area contributed by atoms with E-state index in [1.165, 1.54) is 57.4 Å². The van der Waals surface area contributed by atoms with E-state index in [0.717, 1.165) is 12.3 Å². The molecule has 5 saturated carbocycles. The topological polar surface area (TPSA) is 77.8 Å². The Hall–Kier alpha value is -0.870. The standard InChI is InChI=1S/C30H48O4/c1-18(15-20(31)16-19(2)25(33)34)21-9-11-28(6)23-8-7-22-26(3,4)24(32)10-12-29(22)17-30(23,29)14-13-27(21,28)5/h16,18,20-24,31-32H,7-15,17H2,1-6H3,(H,33,34)/b19-16-/t18-,20?,21-,22+,23+,24+,27-,28+,29-,30+/m1/s1. The SMILES string of the molecule is C/C(=C/C(O)C[C@@H](C)[C@H]1CC[C@@]2(C)[C@@H]3CC[C@H]4C(C)(C)[C@@H](O)CC[C@@]45C[C@@]35CC[C@]12C)C(=O)O. The molecular formula is C30H48O4. The summed E-state index contributed by atoms with van der Waals surface area (Å²) in [6.07, 6.45) is 12.7. The number of aliphatic hydroxyl groups is 2. The van der Waals surface area contributed by atoms with Crippen LogP contribution < -0.4 is 0 Å². The minimum atomic E-state index is -0.947. The number of fused-ring (bicyclic) bond motifs is 2. The van der Waals surface area contributed by atoms with Gasteiger partial charge in [0.1, 0.15) is 0 Å². The van der Waals surface area contributed by atoms with Crippen molar-refractivity contribution in [2.24, 2.45) is 50.7 Å². The summed E-state index contributed by atoms with van der Waals surface area (Å²) in [5.74, 6) is 1.47. The zero-order chi connectivity index (χ0) is 24.9. The molecule has 10 atom stereocenters. The molecule has 0 radical (unpaired) electrons. The molecule has 0 aromatic heterocycles. The second-order valence-electron chi connectivity index (χ2n) is 14.5. The first-order chi connectivity index (χ1) is 15.8. The Bertz CT molecular complexity index is 892. The van der Waals surface area contributed by atoms with Crippen LogP contribution in [0.25, 0.3) is 0 Å². The van der Waals surface area contributed by atoms with Gasteiger partial charge < -0.3 is 15.3 Å². The van der Waals surface area contributed by atoms with E-state index in [2.05, 4.69) is 34.6 Å². The van der Waals surface area contributed by atoms with Gasteiger partial charge in [0.2, 0.25) is 0 Å². The van der Waals surface area contributed by atoms with Gasteiger partial charge in [-0.1, -0.05) is 34.6 Å². The van der Waals surface area contributed by atoms with Crippen LogP contribution in [0.3, 0.4) is 0 Å². The van der Waals surface area contributed by atoms with Crippen LogP contribution in [0, 0.1) is 50.7 Å². The third kappa shape index (κ3) is 3.00. The van der Waals surface area contributed by atoms with Gasteiger partial charge in [0, 0.05) is 5.57 Å². The molecule has 4 nitrogen and oxygen atoms in total. The quantitative estimate of drug-likeness (QED) is 0.416. The molecule has 3 N–H and O–H groups in total. The van der Waals surface area contributed by atoms with Crippen LogP contribution in [-0.2, 0) is 4.79 Å². The van der Waals surface area contributed by atoms with Gasteiger partial charge in [-0.15, -0.1) is 0 Å². The first-order valence-corrected chi connectivity index (χ1v) is 14.0. The van der Waals surface area contributed by atoms with Crippen molar-refractivity contribution in [2.75, 3.05) is 0 Å². The summed E-state index contributed by atoms with van der Waals surface area (Å²) in [6.45, 7) is 13.7. The smallest absolute Gasteiger partial charge is 0.331 e. The highest BCUT2D eigenvalue weighted by Gasteiger charge is 2.82. The molecule has 2 spiro atoms. The normalized spacial score (nSPS) is 50.9. The van der Waals surface area contributed by atoms with Gasteiger partial charge in [0.15, 0.2) is 0 Å². The number of carboxylic acids is 1. The summed E-state index contributed by atoms with van der Waals surface area (Å²) in [7, 11) is 0. The van der Waals surface area contributed by atoms with E-state index in [0.29, 0.717) is 40.4 Å². The maximum atomic E-state index is 11.2. The summed E-state index contributed by atoms with van der Waals surface area (Å²) in [5.41, 5.74) is 1.88. The number of carbonyl (C=O) groups is 1. The Kier molecular flexibility index (Phi) is 5.52. The van der Waals surface area contributed by atoms with E-state index in [9.17, 15) is 20.1 Å². The Morgan fingerprint density at radius 1 is 0.941 bits per heavy atom. The molecule has 5 fully saturated rings. The highest BCUT2D eigenvalue weighted by molar-refractivity contribution is 5.85. The molecular weight excluding hydrogens is 424 g/mol. The number of hydrogen-bond acceptors (Lipinski definition) is 3. The third-order valence-electron chi connectivity index (χ3n) is 13.2. The molecule has 5 aliphatic carbocycles. The second kappa shape index (κ2) is 7.57. The summed E-state index contributed by atoms with van der Waals surface area (Å²) >= 11 is 0. The van der Waals surface area contributed by atoms with Crippen molar-refractivity contribution in [1.29, 1.82) is 0 Å². The molecule has 1 unspecified atom stereocenters. The molecule has 192 valence electrons. The fourth-order valence-electron chi connectivity index (χ4n) is 11.3. The zero-order valence-electron chi connectivity index (χ0n) is 22.4. The van der Waals surface area contributed by atoms with Crippen LogP contribution in [0.2, 0.25) is 0 Å². The van der Waals surface area contributed by atoms with Gasteiger partial charge in [0.05, 0.1) is 12.2 Å². The Balaban J connectivity index is 1.38. The monoisotopic (exact) mass is 472 g/mol. The molecule has 34 heavy (non-hydrogen) atoms. The Morgan fingerprint density at radius 3 is 2.26 bits per heavy atom. The van der Waals surface area contributed by atoms with Gasteiger partial charge in [-0.3, -0.25) is 0 Å². The van der Waals surface area contributed by atoms with Gasteiger partial charge in [-0.25, -0.2) is 4.79 Å². The van der Waals surface area contributed by atoms with Crippen LogP contribution in [0.15, 0.2) is 11.6 Å². The summed E-state index contributed by atoms with van der Waals surface area (Å²) in [5, 5.41) is 30.6. The lowest BCUT2D eigenvalue weighted by Gasteiger charge is -2.63. The predicted molar refractivity (Wildman–Crippen MR) is 134 cm³/mol. The number of hydrogen-bond donors (Lipinski definition) is 3. The molecule has 0 aliphatic heterocycles. The van der Waals surface area contributed by atoms with Crippen LogP contribution >= 0.6 is 0 Å². The molecule has 0 aromatic rings. The molecule has 5 aliphatic rings. The molecule has 0 heterocycles. The van der Waals surface area contributed by atoms with E-state index < -0.39 is 12.1 Å². The van der Waals surface area contributed by atoms with Crippen molar-refractivity contribution >= 4 is 5.97 Å². The van der Waals surface area contributed by atoms with Crippen molar-refractivity contribution in [1.82, 2.24) is 0 Å². The first-order valence-electron chi connectivity index (χ1n) is 14.0. The Labute approximate surface area is 206 Å². The predicted octanol–water partition coefficient (Wildman–Crippen LogP) is 6.20. The fraction of sp³-hybridized carbons (Fsp3) is 0.900. The maximum absolute atomic E-state index is 11.2. The number of rotatable bonds is 5. The van der Waals surface area contributed by atoms with E-state index >= 15 is 0 Å². The van der Waals surface area contributed by atoms with Gasteiger partial charge in [-0.05, 0) is 128 Å². The fourth-order valence-corrected chi connectivity index (χ4v) is 11.3. The molecule has 0 aromatic carbocycles. The van der Waals surface area contributed by atoms with Gasteiger partial charge >= 0.3 is 5.97 Å². The lowest BCUT2D eigenvalue weighted by atomic mass is 9.41. The van der Waals surface area contributed by atoms with Crippen LogP contribution in [0.4, 0.5) is 0 Å². The van der Waals surface area contributed by atoms with Crippen LogP contribution in [0.5, 0.6) is 0 Å². The largest absolute Gasteiger partial charge is 0.478 e. The van der Waals surface area contributed by atoms with Crippen molar-refractivity contribution in [3.05, 3.63) is 11.6 Å². The van der Waals surface area contributed by atoms with Crippen molar-refractivity contribution in [3.8, 4) is 0 Å². The molecule has 0 saturated heterocycles. The summed E-state index contributed by atoms with van der Waals surface area (Å²) in [6, 6.07) is 0. The average Bonchev–Trinajstić information content (AvgIpc) is 3.33. The van der Waals surface area contributed by atoms with E-state index in [1.807, 2.05) is 0 Å². The molecule has 0 amide bonds. The minimum Gasteiger partial charge on any atom is -0.478 e. The zero-order valence-corrected chi connectivity index (χ0v) is 22.4. The van der Waals surface area contributed by atoms with Crippen molar-refractivity contribution in [3.63, 3.8) is 0 Å². The first kappa shape index (κ1) is 24.8. The molecule has 4 heteroatoms. The summed E-state index contributed by atoms with van der Waals surface area (Å²) in [4.78, 5) is 11.2. The highest BCUT2D eigenvalue weighted by atomic mass is 16.4. The van der Waals surface area contributed by atoms with Gasteiger partial charge in [-0.2, -0.15) is 0 Å². The van der Waals surface area contributed by atoms with Gasteiger partial charge in [0.25, 0.3) is 0 Å². The lowest BCUT2D eigenvalue weighted by molar-refractivity contribution is -0.162. The number of aliphatic carboxylic acids is 1. The number of aliphatic hydroxyl groups excluding tert-OH is 2. The van der Waals surface area contributed by atoms with Crippen molar-refractivity contribution < 1.29 is 20.1 Å². The molecule has 5 rings (SSSR count). The molecule has 0 bridgehead atoms. The van der Waals surface area contributed by atoms with Crippen LogP contribution in [-0.4, -0.2) is 33.5 Å². The lowest BCUT2D eigenvalue weighted by Crippen LogP contribution is -2.57. The second-order valence-corrected chi connectivity index (χ2v) is 14.5. The minimum absolute atomic E-state index is 0.0405. The van der Waals surface area contributed by atoms with E-state index in [1.54, 1.807) is 6.92 Å². The summed E-state index contributed by atoms with van der Waals surface area (Å²) < 4.78 is 0. The van der Waals surface area contributed by atoms with Crippen LogP contribution in [0.1, 0.15) is 106 Å². The Morgan fingerprint density at radius 2 is 1.59 bits per heavy atom. The van der Waals surface area contributed by atoms with E-state index in [4.69, 9.17) is 0 Å².